The van der Waals surface area contributed by atoms with Gasteiger partial charge in [-0.25, -0.2) is 0 Å². The lowest BCUT2D eigenvalue weighted by Crippen LogP contribution is -1.98. The van der Waals surface area contributed by atoms with Gasteiger partial charge in [-0.1, -0.05) is 23.7 Å². The fourth-order valence-electron chi connectivity index (χ4n) is 2.12. The van der Waals surface area contributed by atoms with E-state index >= 15 is 0 Å². The van der Waals surface area contributed by atoms with Crippen LogP contribution in [0, 0.1) is 11.3 Å². The molecule has 3 aromatic rings. The molecule has 3 rings (SSSR count). The van der Waals surface area contributed by atoms with E-state index < -0.39 is 0 Å². The Bertz CT molecular complexity index is 766. The lowest BCUT2D eigenvalue weighted by atomic mass is 10.2. The van der Waals surface area contributed by atoms with Crippen LogP contribution in [0.1, 0.15) is 11.1 Å². The van der Waals surface area contributed by atoms with Crippen LogP contribution in [-0.4, -0.2) is 9.55 Å². The Morgan fingerprint density at radius 1 is 1.16 bits per heavy atom. The van der Waals surface area contributed by atoms with Crippen LogP contribution in [0.5, 0.6) is 0 Å². The van der Waals surface area contributed by atoms with Crippen molar-refractivity contribution in [2.45, 2.75) is 6.54 Å². The van der Waals surface area contributed by atoms with Gasteiger partial charge in [-0.05, 0) is 23.8 Å². The number of halogens is 1. The average Bonchev–Trinajstić information content (AvgIpc) is 2.84. The Morgan fingerprint density at radius 2 is 1.95 bits per heavy atom. The normalized spacial score (nSPS) is 10.5. The number of pyridine rings is 1. The molecule has 0 aliphatic rings. The standard InChI is InChI=1S/C15H10ClN3/c16-13-3-1-11(2-4-13)10-19-6-5-14-12(7-17)8-18-9-15(14)19/h1-6,8-9H,10H2. The van der Waals surface area contributed by atoms with Gasteiger partial charge in [0.25, 0.3) is 0 Å². The maximum atomic E-state index is 9.05. The molecule has 0 fully saturated rings. The van der Waals surface area contributed by atoms with Crippen molar-refractivity contribution in [3.63, 3.8) is 0 Å². The van der Waals surface area contributed by atoms with Gasteiger partial charge in [-0.2, -0.15) is 5.26 Å². The highest BCUT2D eigenvalue weighted by Gasteiger charge is 2.06. The smallest absolute Gasteiger partial charge is 0.101 e. The number of hydrogen-bond donors (Lipinski definition) is 0. The third kappa shape index (κ3) is 2.18. The van der Waals surface area contributed by atoms with E-state index in [1.807, 2.05) is 36.5 Å². The summed E-state index contributed by atoms with van der Waals surface area (Å²) in [7, 11) is 0. The zero-order valence-corrected chi connectivity index (χ0v) is 10.8. The predicted molar refractivity (Wildman–Crippen MR) is 75.0 cm³/mol. The number of nitrogens with zero attached hydrogens (tertiary/aromatic N) is 3. The van der Waals surface area contributed by atoms with Crippen LogP contribution in [0.4, 0.5) is 0 Å². The second-order valence-electron chi connectivity index (χ2n) is 4.30. The molecule has 0 aliphatic heterocycles. The van der Waals surface area contributed by atoms with Crippen LogP contribution in [0.3, 0.4) is 0 Å². The fraction of sp³-hybridized carbons (Fsp3) is 0.0667. The van der Waals surface area contributed by atoms with Gasteiger partial charge >= 0.3 is 0 Å². The first-order valence-electron chi connectivity index (χ1n) is 5.85. The van der Waals surface area contributed by atoms with Crippen molar-refractivity contribution in [3.05, 3.63) is 65.1 Å². The molecule has 0 bridgehead atoms. The molecule has 19 heavy (non-hydrogen) atoms. The van der Waals surface area contributed by atoms with Crippen molar-refractivity contribution in [2.75, 3.05) is 0 Å². The lowest BCUT2D eigenvalue weighted by molar-refractivity contribution is 0.835. The molecule has 1 aromatic carbocycles. The van der Waals surface area contributed by atoms with Crippen molar-refractivity contribution in [1.29, 1.82) is 5.26 Å². The first-order chi connectivity index (χ1) is 9.28. The van der Waals surface area contributed by atoms with E-state index in [4.69, 9.17) is 16.9 Å². The molecule has 0 spiro atoms. The topological polar surface area (TPSA) is 41.6 Å². The third-order valence-electron chi connectivity index (χ3n) is 3.08. The zero-order chi connectivity index (χ0) is 13.2. The Balaban J connectivity index is 2.02. The van der Waals surface area contributed by atoms with E-state index in [0.29, 0.717) is 5.56 Å². The molecule has 0 unspecified atom stereocenters. The van der Waals surface area contributed by atoms with E-state index in [2.05, 4.69) is 15.6 Å². The minimum Gasteiger partial charge on any atom is -0.342 e. The molecule has 92 valence electrons. The summed E-state index contributed by atoms with van der Waals surface area (Å²) in [5, 5.41) is 10.7. The van der Waals surface area contributed by atoms with E-state index in [9.17, 15) is 0 Å². The summed E-state index contributed by atoms with van der Waals surface area (Å²) in [6.07, 6.45) is 5.35. The Hall–Kier alpha value is -2.31. The molecule has 3 nitrogen and oxygen atoms in total. The quantitative estimate of drug-likeness (QED) is 0.712. The molecule has 2 heterocycles. The predicted octanol–water partition coefficient (Wildman–Crippen LogP) is 3.61. The second kappa shape index (κ2) is 4.75. The first-order valence-corrected chi connectivity index (χ1v) is 6.23. The van der Waals surface area contributed by atoms with Gasteiger partial charge in [0.15, 0.2) is 0 Å². The summed E-state index contributed by atoms with van der Waals surface area (Å²) in [6.45, 7) is 0.733. The molecule has 0 amide bonds. The zero-order valence-electron chi connectivity index (χ0n) is 10.0. The Labute approximate surface area is 115 Å². The van der Waals surface area contributed by atoms with Crippen LogP contribution in [0.15, 0.2) is 48.9 Å². The second-order valence-corrected chi connectivity index (χ2v) is 4.74. The maximum Gasteiger partial charge on any atom is 0.101 e. The summed E-state index contributed by atoms with van der Waals surface area (Å²) in [4.78, 5) is 4.11. The van der Waals surface area contributed by atoms with Gasteiger partial charge in [-0.15, -0.1) is 0 Å². The van der Waals surface area contributed by atoms with Crippen molar-refractivity contribution in [1.82, 2.24) is 9.55 Å². The third-order valence-corrected chi connectivity index (χ3v) is 3.34. The van der Waals surface area contributed by atoms with Crippen LogP contribution in [-0.2, 0) is 6.54 Å². The molecule has 0 saturated heterocycles. The van der Waals surface area contributed by atoms with Crippen molar-refractivity contribution < 1.29 is 0 Å². The van der Waals surface area contributed by atoms with E-state index in [-0.39, 0.29) is 0 Å². The average molecular weight is 268 g/mol. The van der Waals surface area contributed by atoms with Gasteiger partial charge in [0.2, 0.25) is 0 Å². The lowest BCUT2D eigenvalue weighted by Gasteiger charge is -2.05. The SMILES string of the molecule is N#Cc1cncc2c1ccn2Cc1ccc(Cl)cc1. The van der Waals surface area contributed by atoms with Crippen molar-refractivity contribution in [3.8, 4) is 6.07 Å². The van der Waals surface area contributed by atoms with E-state index in [1.165, 1.54) is 0 Å². The van der Waals surface area contributed by atoms with E-state index in [0.717, 1.165) is 28.0 Å². The summed E-state index contributed by atoms with van der Waals surface area (Å²) < 4.78 is 2.08. The molecular weight excluding hydrogens is 258 g/mol. The first kappa shape index (κ1) is 11.8. The minimum atomic E-state index is 0.604. The maximum absolute atomic E-state index is 9.05. The number of aromatic nitrogens is 2. The number of nitriles is 1. The monoisotopic (exact) mass is 267 g/mol. The van der Waals surface area contributed by atoms with Crippen molar-refractivity contribution in [2.24, 2.45) is 0 Å². The number of hydrogen-bond acceptors (Lipinski definition) is 2. The van der Waals surface area contributed by atoms with Gasteiger partial charge in [0, 0.05) is 29.3 Å². The van der Waals surface area contributed by atoms with Gasteiger partial charge in [0.1, 0.15) is 6.07 Å². The fourth-order valence-corrected chi connectivity index (χ4v) is 2.25. The van der Waals surface area contributed by atoms with Crippen LogP contribution in [0.25, 0.3) is 10.9 Å². The largest absolute Gasteiger partial charge is 0.342 e. The molecule has 0 atom stereocenters. The Morgan fingerprint density at radius 3 is 2.68 bits per heavy atom. The highest BCUT2D eigenvalue weighted by atomic mass is 35.5. The molecule has 0 radical (unpaired) electrons. The summed E-state index contributed by atoms with van der Waals surface area (Å²) in [6, 6.07) is 11.9. The molecule has 0 aliphatic carbocycles. The van der Waals surface area contributed by atoms with Crippen LogP contribution >= 0.6 is 11.6 Å². The highest BCUT2D eigenvalue weighted by Crippen LogP contribution is 2.20. The Kier molecular flexibility index (Phi) is 2.94. The van der Waals surface area contributed by atoms with Crippen LogP contribution in [0.2, 0.25) is 5.02 Å². The van der Waals surface area contributed by atoms with Gasteiger partial charge in [-0.3, -0.25) is 4.98 Å². The molecule has 2 aromatic heterocycles. The summed E-state index contributed by atoms with van der Waals surface area (Å²) in [5.74, 6) is 0. The highest BCUT2D eigenvalue weighted by molar-refractivity contribution is 6.30. The summed E-state index contributed by atoms with van der Waals surface area (Å²) in [5.41, 5.74) is 2.73. The van der Waals surface area contributed by atoms with Gasteiger partial charge < -0.3 is 4.57 Å². The van der Waals surface area contributed by atoms with Crippen molar-refractivity contribution >= 4 is 22.5 Å². The van der Waals surface area contributed by atoms with E-state index in [1.54, 1.807) is 12.4 Å². The molecule has 0 saturated carbocycles. The molecular formula is C15H10ClN3. The van der Waals surface area contributed by atoms with Crippen LogP contribution < -0.4 is 0 Å². The number of fused-ring (bicyclic) bond motifs is 1. The number of benzene rings is 1. The van der Waals surface area contributed by atoms with Gasteiger partial charge in [0.05, 0.1) is 17.3 Å². The minimum absolute atomic E-state index is 0.604. The molecule has 4 heteroatoms. The molecule has 0 N–H and O–H groups in total. The summed E-state index contributed by atoms with van der Waals surface area (Å²) >= 11 is 5.88. The number of rotatable bonds is 2.